The molecule has 0 amide bonds. The van der Waals surface area contributed by atoms with Crippen LogP contribution in [0.4, 0.5) is 13.2 Å². The van der Waals surface area contributed by atoms with E-state index in [1.807, 2.05) is 0 Å². The molecule has 108 valence electrons. The van der Waals surface area contributed by atoms with Crippen LogP contribution in [-0.4, -0.2) is 37.8 Å². The summed E-state index contributed by atoms with van der Waals surface area (Å²) in [5.74, 6) is -1.97. The quantitative estimate of drug-likeness (QED) is 0.862. The van der Waals surface area contributed by atoms with Crippen molar-refractivity contribution in [2.45, 2.75) is 44.4 Å². The van der Waals surface area contributed by atoms with Crippen LogP contribution in [0.1, 0.15) is 32.1 Å². The molecule has 0 bridgehead atoms. The highest BCUT2D eigenvalue weighted by atomic mass is 32.2. The monoisotopic (exact) mass is 288 g/mol. The van der Waals surface area contributed by atoms with Crippen molar-refractivity contribution in [1.82, 2.24) is 0 Å². The number of sulfone groups is 1. The molecule has 3 nitrogen and oxygen atoms in total. The fraction of sp³-hybridized carbons (Fsp3) is 1.00. The van der Waals surface area contributed by atoms with E-state index in [9.17, 15) is 26.7 Å². The zero-order valence-electron chi connectivity index (χ0n) is 10.3. The zero-order valence-corrected chi connectivity index (χ0v) is 11.1. The second-order valence-corrected chi connectivity index (χ2v) is 7.41. The third-order valence-electron chi connectivity index (χ3n) is 3.51. The minimum Gasteiger partial charge on any atom is -0.393 e. The Bertz CT molecular complexity index is 364. The van der Waals surface area contributed by atoms with Gasteiger partial charge in [0.1, 0.15) is 9.84 Å². The Balaban J connectivity index is 2.51. The number of aliphatic hydroxyl groups excluding tert-OH is 1. The van der Waals surface area contributed by atoms with Gasteiger partial charge in [0.25, 0.3) is 0 Å². The first-order valence-corrected chi connectivity index (χ1v) is 8.08. The second kappa shape index (κ2) is 5.77. The molecule has 1 N–H and O–H groups in total. The number of hydrogen-bond donors (Lipinski definition) is 1. The van der Waals surface area contributed by atoms with E-state index in [2.05, 4.69) is 0 Å². The number of halogens is 3. The predicted octanol–water partition coefficient (Wildman–Crippen LogP) is 2.15. The van der Waals surface area contributed by atoms with Crippen LogP contribution in [0, 0.1) is 11.8 Å². The lowest BCUT2D eigenvalue weighted by atomic mass is 9.78. The molecule has 1 rings (SSSR count). The molecule has 18 heavy (non-hydrogen) atoms. The number of rotatable bonds is 4. The van der Waals surface area contributed by atoms with Gasteiger partial charge in [-0.2, -0.15) is 13.2 Å². The lowest BCUT2D eigenvalue weighted by Crippen LogP contribution is -2.34. The molecule has 0 aromatic heterocycles. The summed E-state index contributed by atoms with van der Waals surface area (Å²) >= 11 is 0. The van der Waals surface area contributed by atoms with Gasteiger partial charge in [-0.05, 0) is 31.6 Å². The summed E-state index contributed by atoms with van der Waals surface area (Å²) in [5, 5.41) is 9.79. The minimum absolute atomic E-state index is 0.0219. The molecule has 1 aliphatic carbocycles. The molecule has 1 aliphatic rings. The SMILES string of the molecule is CS(=O)(=O)CCC(O)C1CCCC(C(F)(F)F)C1. The highest BCUT2D eigenvalue weighted by Gasteiger charge is 2.43. The third kappa shape index (κ3) is 5.14. The third-order valence-corrected chi connectivity index (χ3v) is 4.48. The van der Waals surface area contributed by atoms with Crippen LogP contribution in [0.3, 0.4) is 0 Å². The normalized spacial score (nSPS) is 28.1. The van der Waals surface area contributed by atoms with Gasteiger partial charge in [-0.25, -0.2) is 8.42 Å². The van der Waals surface area contributed by atoms with Crippen molar-refractivity contribution in [3.05, 3.63) is 0 Å². The molecule has 3 unspecified atom stereocenters. The van der Waals surface area contributed by atoms with Crippen LogP contribution in [0.15, 0.2) is 0 Å². The summed E-state index contributed by atoms with van der Waals surface area (Å²) < 4.78 is 59.6. The van der Waals surface area contributed by atoms with Crippen LogP contribution < -0.4 is 0 Å². The fourth-order valence-electron chi connectivity index (χ4n) is 2.44. The summed E-state index contributed by atoms with van der Waals surface area (Å²) in [7, 11) is -3.18. The van der Waals surface area contributed by atoms with Crippen LogP contribution in [0.5, 0.6) is 0 Å². The van der Waals surface area contributed by atoms with E-state index in [0.29, 0.717) is 12.8 Å². The van der Waals surface area contributed by atoms with Gasteiger partial charge in [0.15, 0.2) is 0 Å². The fourth-order valence-corrected chi connectivity index (χ4v) is 3.11. The van der Waals surface area contributed by atoms with Crippen molar-refractivity contribution in [3.8, 4) is 0 Å². The topological polar surface area (TPSA) is 54.4 Å². The largest absolute Gasteiger partial charge is 0.393 e. The molecule has 0 heterocycles. The summed E-state index contributed by atoms with van der Waals surface area (Å²) in [4.78, 5) is 0. The molecule has 3 atom stereocenters. The molecular formula is C11H19F3O3S. The van der Waals surface area contributed by atoms with Gasteiger partial charge >= 0.3 is 6.18 Å². The van der Waals surface area contributed by atoms with Crippen molar-refractivity contribution in [2.24, 2.45) is 11.8 Å². The molecule has 0 saturated heterocycles. The molecule has 0 aromatic rings. The lowest BCUT2D eigenvalue weighted by molar-refractivity contribution is -0.188. The first-order valence-electron chi connectivity index (χ1n) is 6.02. The Labute approximate surface area is 105 Å². The summed E-state index contributed by atoms with van der Waals surface area (Å²) in [6, 6.07) is 0. The minimum atomic E-state index is -4.21. The van der Waals surface area contributed by atoms with Crippen LogP contribution >= 0.6 is 0 Å². The highest BCUT2D eigenvalue weighted by Crippen LogP contribution is 2.41. The molecular weight excluding hydrogens is 269 g/mol. The van der Waals surface area contributed by atoms with Gasteiger partial charge in [-0.15, -0.1) is 0 Å². The summed E-state index contributed by atoms with van der Waals surface area (Å²) in [6.45, 7) is 0. The van der Waals surface area contributed by atoms with Gasteiger partial charge in [0.2, 0.25) is 0 Å². The number of alkyl halides is 3. The Kier molecular flexibility index (Phi) is 5.05. The molecule has 0 aromatic carbocycles. The summed E-state index contributed by atoms with van der Waals surface area (Å²) in [5.41, 5.74) is 0. The van der Waals surface area contributed by atoms with Gasteiger partial charge in [0.05, 0.1) is 17.8 Å². The van der Waals surface area contributed by atoms with E-state index in [1.54, 1.807) is 0 Å². The molecule has 1 fully saturated rings. The van der Waals surface area contributed by atoms with E-state index < -0.39 is 34.0 Å². The van der Waals surface area contributed by atoms with Gasteiger partial charge < -0.3 is 5.11 Å². The first-order chi connectivity index (χ1) is 8.09. The standard InChI is InChI=1S/C11H19F3O3S/c1-18(16,17)6-5-10(15)8-3-2-4-9(7-8)11(12,13)14/h8-10,15H,2-7H2,1H3. The van der Waals surface area contributed by atoms with Gasteiger partial charge in [-0.1, -0.05) is 6.42 Å². The Morgan fingerprint density at radius 1 is 1.33 bits per heavy atom. The van der Waals surface area contributed by atoms with Crippen molar-refractivity contribution in [2.75, 3.05) is 12.0 Å². The summed E-state index contributed by atoms with van der Waals surface area (Å²) in [6.07, 6.45) is -3.09. The van der Waals surface area contributed by atoms with Crippen molar-refractivity contribution in [3.63, 3.8) is 0 Å². The van der Waals surface area contributed by atoms with E-state index in [0.717, 1.165) is 6.26 Å². The average Bonchev–Trinajstić information content (AvgIpc) is 2.24. The van der Waals surface area contributed by atoms with Crippen molar-refractivity contribution >= 4 is 9.84 Å². The maximum absolute atomic E-state index is 12.6. The maximum Gasteiger partial charge on any atom is 0.391 e. The Morgan fingerprint density at radius 3 is 2.44 bits per heavy atom. The van der Waals surface area contributed by atoms with Crippen LogP contribution in [-0.2, 0) is 9.84 Å². The number of hydrogen-bond acceptors (Lipinski definition) is 3. The van der Waals surface area contributed by atoms with E-state index >= 15 is 0 Å². The first kappa shape index (κ1) is 15.8. The van der Waals surface area contributed by atoms with Crippen LogP contribution in [0.2, 0.25) is 0 Å². The Hall–Kier alpha value is -0.300. The average molecular weight is 288 g/mol. The van der Waals surface area contributed by atoms with Crippen molar-refractivity contribution in [1.29, 1.82) is 0 Å². The van der Waals surface area contributed by atoms with Crippen LogP contribution in [0.25, 0.3) is 0 Å². The number of aliphatic hydroxyl groups is 1. The molecule has 0 aliphatic heterocycles. The second-order valence-electron chi connectivity index (χ2n) is 5.15. The van der Waals surface area contributed by atoms with E-state index in [4.69, 9.17) is 0 Å². The molecule has 0 radical (unpaired) electrons. The van der Waals surface area contributed by atoms with E-state index in [-0.39, 0.29) is 25.0 Å². The highest BCUT2D eigenvalue weighted by molar-refractivity contribution is 7.90. The zero-order chi connectivity index (χ0) is 14.0. The smallest absolute Gasteiger partial charge is 0.391 e. The predicted molar refractivity (Wildman–Crippen MR) is 61.8 cm³/mol. The molecule has 1 saturated carbocycles. The molecule has 0 spiro atoms. The van der Waals surface area contributed by atoms with Gasteiger partial charge in [0, 0.05) is 6.26 Å². The molecule has 7 heteroatoms. The van der Waals surface area contributed by atoms with E-state index in [1.165, 1.54) is 0 Å². The van der Waals surface area contributed by atoms with Crippen molar-refractivity contribution < 1.29 is 26.7 Å². The maximum atomic E-state index is 12.6. The van der Waals surface area contributed by atoms with Gasteiger partial charge in [-0.3, -0.25) is 0 Å². The lowest BCUT2D eigenvalue weighted by Gasteiger charge is -2.33. The Morgan fingerprint density at radius 2 is 1.94 bits per heavy atom.